The molecule has 7 N–H and O–H groups in total. The Labute approximate surface area is 563 Å². The second-order valence-corrected chi connectivity index (χ2v) is 27.2. The zero-order valence-electron chi connectivity index (χ0n) is 57.4. The maximum atomic E-state index is 14.8. The van der Waals surface area contributed by atoms with Crippen molar-refractivity contribution in [2.24, 2.45) is 41.2 Å². The fourth-order valence-corrected chi connectivity index (χ4v) is 13.0. The molecular formula is C70H102N10O14S. The van der Waals surface area contributed by atoms with Gasteiger partial charge in [0.2, 0.25) is 29.5 Å². The summed E-state index contributed by atoms with van der Waals surface area (Å²) in [5.41, 5.74) is 5.75. The number of nitrogens with two attached hydrogens (primary N) is 1. The monoisotopic (exact) mass is 1340 g/mol. The first kappa shape index (κ1) is 77.8. The minimum Gasteiger partial charge on any atom is -0.445 e. The van der Waals surface area contributed by atoms with E-state index in [1.165, 1.54) is 44.4 Å². The van der Waals surface area contributed by atoms with E-state index in [4.69, 9.17) is 19.9 Å². The Morgan fingerprint density at radius 3 is 2.09 bits per heavy atom. The van der Waals surface area contributed by atoms with Crippen molar-refractivity contribution in [3.63, 3.8) is 0 Å². The van der Waals surface area contributed by atoms with Crippen LogP contribution in [0.25, 0.3) is 0 Å². The van der Waals surface area contributed by atoms with E-state index in [1.54, 1.807) is 68.3 Å². The predicted molar refractivity (Wildman–Crippen MR) is 361 cm³/mol. The molecule has 522 valence electrons. The molecule has 2 aromatic carbocycles. The van der Waals surface area contributed by atoms with Gasteiger partial charge in [0.15, 0.2) is 11.6 Å². The third-order valence-corrected chi connectivity index (χ3v) is 19.1. The molecular weight excluding hydrogens is 1240 g/mol. The summed E-state index contributed by atoms with van der Waals surface area (Å²) in [5, 5.41) is 16.7. The lowest BCUT2D eigenvalue weighted by molar-refractivity contribution is -0.149. The average molecular weight is 1340 g/mol. The predicted octanol–water partition coefficient (Wildman–Crippen LogP) is 7.99. The van der Waals surface area contributed by atoms with Gasteiger partial charge in [-0.3, -0.25) is 48.1 Å². The summed E-state index contributed by atoms with van der Waals surface area (Å²) < 4.78 is 17.7. The van der Waals surface area contributed by atoms with Gasteiger partial charge in [-0.15, -0.1) is 11.3 Å². The van der Waals surface area contributed by atoms with Gasteiger partial charge in [-0.1, -0.05) is 104 Å². The highest BCUT2D eigenvalue weighted by Crippen LogP contribution is 2.32. The lowest BCUT2D eigenvalue weighted by Gasteiger charge is -2.41. The van der Waals surface area contributed by atoms with Gasteiger partial charge in [0.1, 0.15) is 11.6 Å². The van der Waals surface area contributed by atoms with Crippen LogP contribution < -0.4 is 32.3 Å². The van der Waals surface area contributed by atoms with Crippen molar-refractivity contribution in [2.45, 2.75) is 194 Å². The Kier molecular flexibility index (Phi) is 31.1. The van der Waals surface area contributed by atoms with E-state index in [0.29, 0.717) is 69.2 Å². The number of hydrogen-bond donors (Lipinski definition) is 6. The summed E-state index contributed by atoms with van der Waals surface area (Å²) in [6.07, 6.45) is 6.16. The molecule has 24 nitrogen and oxygen atoms in total. The minimum absolute atomic E-state index is 0.0562. The van der Waals surface area contributed by atoms with E-state index in [2.05, 4.69) is 31.6 Å². The third kappa shape index (κ3) is 23.5. The number of alkyl carbamates (subject to hydrolysis) is 1. The summed E-state index contributed by atoms with van der Waals surface area (Å²) in [6, 6.07) is 13.4. The molecule has 0 saturated carbocycles. The molecule has 2 aliphatic rings. The van der Waals surface area contributed by atoms with Gasteiger partial charge < -0.3 is 56.3 Å². The Morgan fingerprint density at radius 1 is 0.811 bits per heavy atom. The van der Waals surface area contributed by atoms with Crippen LogP contribution in [0.3, 0.4) is 0 Å². The number of ether oxygens (including phenoxy) is 3. The van der Waals surface area contributed by atoms with Crippen LogP contribution in [0.15, 0.2) is 78.3 Å². The van der Waals surface area contributed by atoms with Crippen molar-refractivity contribution in [1.82, 2.24) is 41.0 Å². The molecule has 3 aromatic rings. The van der Waals surface area contributed by atoms with E-state index in [1.807, 2.05) is 70.3 Å². The quantitative estimate of drug-likeness (QED) is 0.0232. The number of Topliss-reactive ketones (excluding diaryl/α,β-unsaturated/α-hetero) is 2. The molecule has 0 aliphatic carbocycles. The summed E-state index contributed by atoms with van der Waals surface area (Å²) in [7, 11) is 4.76. The number of likely N-dealkylation sites (N-methyl/N-ethyl adjacent to an activating group) is 1. The normalized spacial score (nSPS) is 16.8. The number of benzene rings is 2. The number of aromatic nitrogens is 1. The highest BCUT2D eigenvalue weighted by Gasteiger charge is 2.44. The second-order valence-electron chi connectivity index (χ2n) is 26.3. The number of carbonyl (C=O) groups is 11. The van der Waals surface area contributed by atoms with E-state index < -0.39 is 77.4 Å². The Bertz CT molecular complexity index is 3070. The highest BCUT2D eigenvalue weighted by atomic mass is 32.1. The van der Waals surface area contributed by atoms with Crippen molar-refractivity contribution < 1.29 is 67.0 Å². The van der Waals surface area contributed by atoms with E-state index in [-0.39, 0.29) is 117 Å². The van der Waals surface area contributed by atoms with Crippen LogP contribution in [-0.2, 0) is 70.4 Å². The first-order valence-electron chi connectivity index (χ1n) is 33.2. The number of ketones is 2. The van der Waals surface area contributed by atoms with Gasteiger partial charge in [-0.2, -0.15) is 0 Å². The van der Waals surface area contributed by atoms with E-state index in [9.17, 15) is 52.7 Å². The van der Waals surface area contributed by atoms with Gasteiger partial charge in [0, 0.05) is 101 Å². The number of rotatable bonds is 40. The molecule has 10 atom stereocenters. The number of hydrogen-bond acceptors (Lipinski definition) is 16. The molecule has 1 fully saturated rings. The summed E-state index contributed by atoms with van der Waals surface area (Å²) in [4.78, 5) is 156. The SMILES string of the molecule is CC[C@H](C)[C@@H]([C@@H](CC(=O)N1CCC[C@H]1[C@H](OC)[C@@H](C)C(=O)N[C@@H](Cc1ccccc1)c1nccs1)OC)N(C)C(=O)[C@@H](CC(=O)C(C)(C)NC(=O)OCc1ccc(NC(=O)[C@H](CCCNC(N)=O)CC(=O)[C@@H](NC(=O)CCCCCN2C(=O)C=CC2=O)C(C)C)cc1)C(C)C. The highest BCUT2D eigenvalue weighted by molar-refractivity contribution is 7.09. The Morgan fingerprint density at radius 2 is 1.49 bits per heavy atom. The molecule has 25 heteroatoms. The number of methoxy groups -OCH3 is 2. The van der Waals surface area contributed by atoms with Crippen LogP contribution in [0.2, 0.25) is 0 Å². The molecule has 1 aromatic heterocycles. The number of carbonyl (C=O) groups excluding carboxylic acids is 11. The van der Waals surface area contributed by atoms with Gasteiger partial charge in [0.05, 0.1) is 54.3 Å². The number of urea groups is 1. The van der Waals surface area contributed by atoms with Crippen LogP contribution in [0.1, 0.15) is 162 Å². The first-order chi connectivity index (χ1) is 45.1. The van der Waals surface area contributed by atoms with Gasteiger partial charge in [-0.05, 0) is 99.8 Å². The maximum absolute atomic E-state index is 14.8. The molecule has 95 heavy (non-hydrogen) atoms. The van der Waals surface area contributed by atoms with Crippen LogP contribution in [0.5, 0.6) is 0 Å². The largest absolute Gasteiger partial charge is 0.445 e. The molecule has 0 spiro atoms. The smallest absolute Gasteiger partial charge is 0.408 e. The van der Waals surface area contributed by atoms with Crippen LogP contribution >= 0.6 is 11.3 Å². The standard InChI is InChI=1S/C70H102N10O14S/c1-13-45(6)62(55(92-11)41-60(86)79-36-21-25-53(79)63(93-12)46(7)64(87)75-52(66-72-34-37-95-66)38-47-22-16-14-17-23-47)78(10)67(89)51(43(2)3)40-56(82)70(8,9)77-69(91)94-42-48-27-29-50(30-28-48)74-65(88)49(24-20-33-73-68(71)90)39-54(81)61(44(4)5)76-57(83)26-18-15-19-35-80-58(84)31-32-59(80)85/h14,16-17,22-23,27-32,34,37,43-46,49,51-53,55,61-63H,13,15,18-21,24-26,33,35-36,38-42H2,1-12H3,(H,74,88)(H,75,87)(H,76,83)(H,77,91)(H3,71,73,90)/t45-,46+,49+,51-,52-,53-,55+,61-,62-,63+/m0/s1. The number of imide groups is 1. The summed E-state index contributed by atoms with van der Waals surface area (Å²) in [6.45, 7) is 16.8. The van der Waals surface area contributed by atoms with E-state index >= 15 is 0 Å². The molecule has 5 rings (SSSR count). The number of primary amides is 1. The molecule has 1 saturated heterocycles. The summed E-state index contributed by atoms with van der Waals surface area (Å²) >= 11 is 1.47. The fraction of sp³-hybridized carbons (Fsp3) is 0.600. The third-order valence-electron chi connectivity index (χ3n) is 18.2. The van der Waals surface area contributed by atoms with Crippen molar-refractivity contribution in [3.8, 4) is 0 Å². The average Bonchev–Trinajstić information content (AvgIpc) is 1.79. The lowest BCUT2D eigenvalue weighted by atomic mass is 9.83. The number of anilines is 1. The number of nitrogens with zero attached hydrogens (tertiary/aromatic N) is 4. The maximum Gasteiger partial charge on any atom is 0.408 e. The van der Waals surface area contributed by atoms with Crippen molar-refractivity contribution in [1.29, 1.82) is 0 Å². The number of amides is 10. The minimum atomic E-state index is -1.47. The number of nitrogens with one attached hydrogen (secondary N) is 5. The zero-order valence-corrected chi connectivity index (χ0v) is 58.3. The van der Waals surface area contributed by atoms with Gasteiger partial charge >= 0.3 is 12.1 Å². The zero-order chi connectivity index (χ0) is 70.1. The van der Waals surface area contributed by atoms with E-state index in [0.717, 1.165) is 15.5 Å². The molecule has 0 bridgehead atoms. The number of likely N-dealkylation sites (tertiary alicyclic amines) is 1. The Hall–Kier alpha value is -7.90. The fourth-order valence-electron chi connectivity index (χ4n) is 12.3. The van der Waals surface area contributed by atoms with Crippen LogP contribution in [0, 0.1) is 35.5 Å². The van der Waals surface area contributed by atoms with Gasteiger partial charge in [0.25, 0.3) is 11.8 Å². The van der Waals surface area contributed by atoms with Crippen molar-refractivity contribution >= 4 is 82.1 Å². The number of unbranched alkanes of at least 4 members (excludes halogenated alkanes) is 2. The van der Waals surface area contributed by atoms with Crippen LogP contribution in [-0.4, -0.2) is 161 Å². The lowest BCUT2D eigenvalue weighted by Crippen LogP contribution is -2.55. The molecule has 0 unspecified atom stereocenters. The Balaban J connectivity index is 1.15. The number of thiazole rings is 1. The molecule has 2 aliphatic heterocycles. The second kappa shape index (κ2) is 38.0. The topological polar surface area (TPSA) is 324 Å². The molecule has 10 amide bonds. The van der Waals surface area contributed by atoms with Crippen molar-refractivity contribution in [2.75, 3.05) is 46.2 Å². The molecule has 3 heterocycles. The van der Waals surface area contributed by atoms with Crippen molar-refractivity contribution in [3.05, 3.63) is 94.5 Å². The first-order valence-corrected chi connectivity index (χ1v) is 34.1. The van der Waals surface area contributed by atoms with Gasteiger partial charge in [-0.25, -0.2) is 14.6 Å². The molecule has 0 radical (unpaired) electrons. The summed E-state index contributed by atoms with van der Waals surface area (Å²) in [5.74, 6) is -6.10. The van der Waals surface area contributed by atoms with Crippen LogP contribution in [0.4, 0.5) is 15.3 Å².